The van der Waals surface area contributed by atoms with Gasteiger partial charge in [0.1, 0.15) is 12.1 Å². The number of carbonyl (C=O) groups excluding carboxylic acids is 4. The van der Waals surface area contributed by atoms with Gasteiger partial charge in [0.15, 0.2) is 6.29 Å². The van der Waals surface area contributed by atoms with Crippen molar-refractivity contribution in [2.24, 2.45) is 23.7 Å². The van der Waals surface area contributed by atoms with Gasteiger partial charge in [-0.2, -0.15) is 0 Å². The van der Waals surface area contributed by atoms with Crippen LogP contribution in [0.4, 0.5) is 0 Å². The minimum absolute atomic E-state index is 0.0266. The number of nitrogens with zero attached hydrogens (tertiary/aromatic N) is 2. The summed E-state index contributed by atoms with van der Waals surface area (Å²) in [5.41, 5.74) is 3.57. The molecule has 2 heterocycles. The third-order valence-electron chi connectivity index (χ3n) is 16.9. The largest absolute Gasteiger partial charge is 0.379 e. The maximum Gasteiger partial charge on any atom is 0.245 e. The fraction of sp³-hybridized carbons (Fsp3) is 0.742. The number of hydrogen-bond acceptors (Lipinski definition) is 10. The van der Waals surface area contributed by atoms with Gasteiger partial charge in [-0.3, -0.25) is 19.2 Å². The molecule has 0 radical (unpaired) electrons. The number of ether oxygens (including phenoxy) is 5. The maximum atomic E-state index is 14.5. The SMILES string of the molecule is CC[C@H](C)[C@@H]([C@@H](CC(=O)N1CCC[C@H]1[C@H](OC)[C@@H](C)C(=O)N[C@H](C)[C@@H](OC1CCCC(COCc2ccc(C3CCCCCCCCC3)cc2)O1)c1ccccc1)OC)N(C)C(=O)[C@@H](NC(=O)[C@@H](NC)C(C)C)C(C)C. The highest BCUT2D eigenvalue weighted by Gasteiger charge is 2.44. The Morgan fingerprint density at radius 1 is 0.737 bits per heavy atom. The van der Waals surface area contributed by atoms with Crippen molar-refractivity contribution < 1.29 is 42.9 Å². The van der Waals surface area contributed by atoms with Crippen LogP contribution in [0.5, 0.6) is 0 Å². The first-order chi connectivity index (χ1) is 36.5. The molecule has 4 amide bonds. The zero-order valence-corrected chi connectivity index (χ0v) is 48.9. The van der Waals surface area contributed by atoms with Crippen molar-refractivity contribution in [3.05, 3.63) is 71.3 Å². The molecule has 2 saturated heterocycles. The Morgan fingerprint density at radius 2 is 1.38 bits per heavy atom. The lowest BCUT2D eigenvalue weighted by molar-refractivity contribution is -0.229. The molecule has 3 N–H and O–H groups in total. The molecule has 14 nitrogen and oxygen atoms in total. The molecular formula is C62H101N5O9. The second kappa shape index (κ2) is 32.2. The quantitative estimate of drug-likeness (QED) is 0.0787. The van der Waals surface area contributed by atoms with Crippen LogP contribution in [0, 0.1) is 23.7 Å². The van der Waals surface area contributed by atoms with E-state index >= 15 is 0 Å². The lowest BCUT2D eigenvalue weighted by atomic mass is 9.87. The molecular weight excluding hydrogens is 959 g/mol. The summed E-state index contributed by atoms with van der Waals surface area (Å²) < 4.78 is 31.9. The summed E-state index contributed by atoms with van der Waals surface area (Å²) in [5, 5.41) is 9.38. The molecule has 2 unspecified atom stereocenters. The molecule has 3 aliphatic rings. The summed E-state index contributed by atoms with van der Waals surface area (Å²) in [5.74, 6) is -0.924. The van der Waals surface area contributed by atoms with Crippen LogP contribution in [-0.2, 0) is 49.5 Å². The van der Waals surface area contributed by atoms with E-state index in [4.69, 9.17) is 23.7 Å². The zero-order chi connectivity index (χ0) is 55.3. The van der Waals surface area contributed by atoms with Crippen molar-refractivity contribution in [1.82, 2.24) is 25.8 Å². The Hall–Kier alpha value is -3.92. The molecule has 0 aromatic heterocycles. The molecule has 12 atom stereocenters. The molecule has 2 aliphatic heterocycles. The molecule has 5 rings (SSSR count). The van der Waals surface area contributed by atoms with E-state index in [9.17, 15) is 19.2 Å². The van der Waals surface area contributed by atoms with Crippen molar-refractivity contribution in [2.45, 2.75) is 232 Å². The highest BCUT2D eigenvalue weighted by molar-refractivity contribution is 5.90. The smallest absolute Gasteiger partial charge is 0.245 e. The topological polar surface area (TPSA) is 157 Å². The van der Waals surface area contributed by atoms with E-state index in [1.165, 1.54) is 68.9 Å². The van der Waals surface area contributed by atoms with Crippen molar-refractivity contribution in [1.29, 1.82) is 0 Å². The Balaban J connectivity index is 1.19. The van der Waals surface area contributed by atoms with E-state index in [1.54, 1.807) is 33.2 Å². The highest BCUT2D eigenvalue weighted by atomic mass is 16.7. The van der Waals surface area contributed by atoms with E-state index in [2.05, 4.69) is 54.1 Å². The number of carbonyl (C=O) groups is 4. The predicted octanol–water partition coefficient (Wildman–Crippen LogP) is 10.3. The third-order valence-corrected chi connectivity index (χ3v) is 16.9. The van der Waals surface area contributed by atoms with Crippen LogP contribution in [0.25, 0.3) is 0 Å². The van der Waals surface area contributed by atoms with Gasteiger partial charge in [-0.15, -0.1) is 0 Å². The molecule has 2 aromatic carbocycles. The highest BCUT2D eigenvalue weighted by Crippen LogP contribution is 2.34. The van der Waals surface area contributed by atoms with Crippen LogP contribution in [0.15, 0.2) is 54.6 Å². The average Bonchev–Trinajstić information content (AvgIpc) is 3.91. The van der Waals surface area contributed by atoms with E-state index < -0.39 is 54.7 Å². The number of amides is 4. The van der Waals surface area contributed by atoms with Gasteiger partial charge in [0, 0.05) is 27.8 Å². The number of nitrogens with one attached hydrogen (secondary N) is 3. The van der Waals surface area contributed by atoms with Crippen molar-refractivity contribution in [3.63, 3.8) is 0 Å². The first kappa shape index (κ1) is 62.9. The summed E-state index contributed by atoms with van der Waals surface area (Å²) in [6.07, 6.45) is 14.5. The molecule has 2 aromatic rings. The Labute approximate surface area is 458 Å². The van der Waals surface area contributed by atoms with E-state index in [1.807, 2.05) is 76.8 Å². The first-order valence-corrected chi connectivity index (χ1v) is 29.4. The monoisotopic (exact) mass is 1060 g/mol. The van der Waals surface area contributed by atoms with Crippen molar-refractivity contribution in [3.8, 4) is 0 Å². The average molecular weight is 1060 g/mol. The standard InChI is InChI=1S/C62H101N5O9/c1-13-43(6)57(66(10)62(71)56(42(4)5)65-61(70)55(63-9)41(2)3)52(72-11)38-53(68)67-37-25-31-51(67)58(73-12)44(7)60(69)64-45(8)59(49-28-22-19-23-29-49)76-54-32-24-30-50(75-54)40-74-39-46-33-35-48(36-34-46)47-26-20-17-15-14-16-18-21-27-47/h19,22-23,28-29,33-36,41-45,47,50-52,54-59,63H,13-18,20-21,24-27,30-32,37-40H2,1-12H3,(H,64,69)(H,65,70)/t43-,44+,45+,50?,51-,52+,54?,55-,56-,57-,58+,59+/m0/s1. The number of rotatable bonds is 27. The van der Waals surface area contributed by atoms with Crippen LogP contribution in [0.2, 0.25) is 0 Å². The zero-order valence-electron chi connectivity index (χ0n) is 48.9. The third kappa shape index (κ3) is 18.1. The van der Waals surface area contributed by atoms with Gasteiger partial charge in [0.2, 0.25) is 23.6 Å². The normalized spacial score (nSPS) is 22.7. The van der Waals surface area contributed by atoms with Gasteiger partial charge in [0.25, 0.3) is 0 Å². The molecule has 1 saturated carbocycles. The summed E-state index contributed by atoms with van der Waals surface area (Å²) >= 11 is 0. The van der Waals surface area contributed by atoms with Crippen LogP contribution in [-0.4, -0.2) is 130 Å². The molecule has 428 valence electrons. The summed E-state index contributed by atoms with van der Waals surface area (Å²) in [7, 11) is 6.68. The molecule has 1 aliphatic carbocycles. The van der Waals surface area contributed by atoms with Gasteiger partial charge in [-0.25, -0.2) is 0 Å². The molecule has 0 bridgehead atoms. The van der Waals surface area contributed by atoms with Crippen LogP contribution >= 0.6 is 0 Å². The summed E-state index contributed by atoms with van der Waals surface area (Å²) in [4.78, 5) is 60.2. The fourth-order valence-electron chi connectivity index (χ4n) is 12.2. The lowest BCUT2D eigenvalue weighted by Crippen LogP contribution is -2.59. The Bertz CT molecular complexity index is 2010. The number of hydrogen-bond donors (Lipinski definition) is 3. The number of likely N-dealkylation sites (tertiary alicyclic amines) is 1. The lowest BCUT2D eigenvalue weighted by Gasteiger charge is -2.41. The Morgan fingerprint density at radius 3 is 1.97 bits per heavy atom. The minimum Gasteiger partial charge on any atom is -0.379 e. The van der Waals surface area contributed by atoms with E-state index in [0.29, 0.717) is 32.1 Å². The fourth-order valence-corrected chi connectivity index (χ4v) is 12.2. The Kier molecular flexibility index (Phi) is 26.7. The van der Waals surface area contributed by atoms with E-state index in [-0.39, 0.29) is 59.9 Å². The number of benzene rings is 2. The maximum absolute atomic E-state index is 14.5. The predicted molar refractivity (Wildman–Crippen MR) is 301 cm³/mol. The molecule has 3 fully saturated rings. The first-order valence-electron chi connectivity index (χ1n) is 29.4. The summed E-state index contributed by atoms with van der Waals surface area (Å²) in [6.45, 7) is 17.2. The molecule has 0 spiro atoms. The van der Waals surface area contributed by atoms with Gasteiger partial charge in [-0.1, -0.05) is 154 Å². The van der Waals surface area contributed by atoms with Crippen LogP contribution in [0.1, 0.15) is 187 Å². The van der Waals surface area contributed by atoms with Gasteiger partial charge < -0.3 is 49.4 Å². The van der Waals surface area contributed by atoms with Crippen molar-refractivity contribution in [2.75, 3.05) is 41.5 Å². The number of methoxy groups -OCH3 is 2. The van der Waals surface area contributed by atoms with E-state index in [0.717, 1.165) is 37.7 Å². The van der Waals surface area contributed by atoms with Gasteiger partial charge in [-0.05, 0) is 99.3 Å². The number of likely N-dealkylation sites (N-methyl/N-ethyl adjacent to an activating group) is 2. The van der Waals surface area contributed by atoms with Crippen molar-refractivity contribution >= 4 is 23.6 Å². The molecule has 76 heavy (non-hydrogen) atoms. The molecule has 14 heteroatoms. The van der Waals surface area contributed by atoms with Gasteiger partial charge in [0.05, 0.1) is 68.0 Å². The summed E-state index contributed by atoms with van der Waals surface area (Å²) in [6, 6.07) is 16.6. The second-order valence-electron chi connectivity index (χ2n) is 23.2. The minimum atomic E-state index is -0.769. The second-order valence-corrected chi connectivity index (χ2v) is 23.2. The van der Waals surface area contributed by atoms with Crippen LogP contribution < -0.4 is 16.0 Å². The van der Waals surface area contributed by atoms with Gasteiger partial charge >= 0.3 is 0 Å². The van der Waals surface area contributed by atoms with Crippen LogP contribution in [0.3, 0.4) is 0 Å².